The Morgan fingerprint density at radius 1 is 0.787 bits per heavy atom. The minimum atomic E-state index is -1.44. The zero-order valence-corrected chi connectivity index (χ0v) is 29.2. The second kappa shape index (κ2) is 17.2. The molecule has 0 aromatic heterocycles. The number of hydrogen-bond acceptors (Lipinski definition) is 8. The zero-order valence-electron chi connectivity index (χ0n) is 29.2. The third-order valence-electron chi connectivity index (χ3n) is 7.09. The number of esters is 1. The second-order valence-corrected chi connectivity index (χ2v) is 14.2. The lowest BCUT2D eigenvalue weighted by atomic mass is 9.96. The zero-order chi connectivity index (χ0) is 35.5. The molecule has 0 aliphatic heterocycles. The van der Waals surface area contributed by atoms with E-state index in [2.05, 4.69) is 10.6 Å². The summed E-state index contributed by atoms with van der Waals surface area (Å²) in [6, 6.07) is 10.6. The minimum Gasteiger partial charge on any atom is -0.508 e. The number of carbonyl (C=O) groups excluding carboxylic acids is 4. The van der Waals surface area contributed by atoms with Gasteiger partial charge in [-0.1, -0.05) is 56.3 Å². The number of benzene rings is 2. The molecule has 0 saturated heterocycles. The molecule has 11 heteroatoms. The largest absolute Gasteiger partial charge is 0.508 e. The van der Waals surface area contributed by atoms with Gasteiger partial charge in [0.15, 0.2) is 0 Å². The highest BCUT2D eigenvalue weighted by atomic mass is 16.6. The first kappa shape index (κ1) is 39.1. The summed E-state index contributed by atoms with van der Waals surface area (Å²) in [5, 5.41) is 25.6. The number of aromatic hydroxyl groups is 1. The molecule has 4 N–H and O–H groups in total. The van der Waals surface area contributed by atoms with Gasteiger partial charge in [0.1, 0.15) is 35.1 Å². The lowest BCUT2D eigenvalue weighted by molar-refractivity contribution is -0.159. The van der Waals surface area contributed by atoms with Gasteiger partial charge in [-0.05, 0) is 90.5 Å². The standard InChI is InChI=1S/C36H53N3O8/c1-23(2)15-16-24(3)39(32(43)29(22-40)38-34(45)47-36(7,8)9)30(26-17-19-27(41)20-18-26)31(42)37-28(33(44)46-35(4,5)6)21-25-13-11-10-12-14-25/h10-14,17-20,23-24,28-30,40-41H,15-16,21-22H2,1-9H3,(H,37,42)(H,38,45). The van der Waals surface area contributed by atoms with Crippen LogP contribution in [0.4, 0.5) is 4.79 Å². The molecule has 2 aromatic carbocycles. The van der Waals surface area contributed by atoms with Gasteiger partial charge in [-0.3, -0.25) is 9.59 Å². The number of phenolic OH excluding ortho intramolecular Hbond substituents is 1. The van der Waals surface area contributed by atoms with Crippen molar-refractivity contribution in [1.82, 2.24) is 15.5 Å². The predicted molar refractivity (Wildman–Crippen MR) is 179 cm³/mol. The fourth-order valence-corrected chi connectivity index (χ4v) is 4.89. The first-order chi connectivity index (χ1) is 21.8. The number of rotatable bonds is 14. The van der Waals surface area contributed by atoms with Crippen molar-refractivity contribution >= 4 is 23.9 Å². The van der Waals surface area contributed by atoms with Crippen LogP contribution < -0.4 is 10.6 Å². The lowest BCUT2D eigenvalue weighted by Gasteiger charge is -2.39. The van der Waals surface area contributed by atoms with E-state index in [4.69, 9.17) is 9.47 Å². The molecule has 0 bridgehead atoms. The van der Waals surface area contributed by atoms with Gasteiger partial charge in [-0.25, -0.2) is 9.59 Å². The monoisotopic (exact) mass is 655 g/mol. The summed E-state index contributed by atoms with van der Waals surface area (Å²) in [5.41, 5.74) is -0.560. The molecular weight excluding hydrogens is 602 g/mol. The number of hydrogen-bond donors (Lipinski definition) is 4. The van der Waals surface area contributed by atoms with Gasteiger partial charge in [0.2, 0.25) is 11.8 Å². The average molecular weight is 656 g/mol. The normalized spacial score (nSPS) is 14.4. The smallest absolute Gasteiger partial charge is 0.408 e. The average Bonchev–Trinajstić information content (AvgIpc) is 2.96. The number of amides is 3. The van der Waals surface area contributed by atoms with Crippen LogP contribution in [0.1, 0.15) is 92.3 Å². The molecule has 0 radical (unpaired) electrons. The Balaban J connectivity index is 2.64. The van der Waals surface area contributed by atoms with Crippen molar-refractivity contribution in [2.75, 3.05) is 6.61 Å². The van der Waals surface area contributed by atoms with Crippen molar-refractivity contribution in [2.45, 2.75) is 117 Å². The summed E-state index contributed by atoms with van der Waals surface area (Å²) in [4.78, 5) is 56.3. The number of aliphatic hydroxyl groups excluding tert-OH is 1. The number of carbonyl (C=O) groups is 4. The Kier molecular flexibility index (Phi) is 14.3. The summed E-state index contributed by atoms with van der Waals surface area (Å²) in [5.74, 6) is -1.81. The van der Waals surface area contributed by atoms with Gasteiger partial charge < -0.3 is 35.2 Å². The minimum absolute atomic E-state index is 0.0471. The van der Waals surface area contributed by atoms with E-state index in [1.54, 1.807) is 48.5 Å². The van der Waals surface area contributed by atoms with Crippen LogP contribution in [0.25, 0.3) is 0 Å². The van der Waals surface area contributed by atoms with Crippen molar-refractivity contribution in [3.05, 3.63) is 65.7 Å². The van der Waals surface area contributed by atoms with E-state index in [0.717, 1.165) is 5.56 Å². The van der Waals surface area contributed by atoms with E-state index in [-0.39, 0.29) is 18.1 Å². The van der Waals surface area contributed by atoms with Gasteiger partial charge in [-0.15, -0.1) is 0 Å². The van der Waals surface area contributed by atoms with Crippen LogP contribution in [0.2, 0.25) is 0 Å². The molecule has 0 aliphatic carbocycles. The molecule has 0 fully saturated rings. The number of alkyl carbamates (subject to hydrolysis) is 1. The van der Waals surface area contributed by atoms with Gasteiger partial charge in [-0.2, -0.15) is 0 Å². The molecular formula is C36H53N3O8. The molecule has 2 aromatic rings. The summed E-state index contributed by atoms with van der Waals surface area (Å²) >= 11 is 0. The maximum Gasteiger partial charge on any atom is 0.408 e. The Morgan fingerprint density at radius 3 is 1.87 bits per heavy atom. The first-order valence-electron chi connectivity index (χ1n) is 16.1. The number of aliphatic hydroxyl groups is 1. The molecule has 0 spiro atoms. The van der Waals surface area contributed by atoms with Crippen molar-refractivity contribution in [2.24, 2.45) is 5.92 Å². The highest BCUT2D eigenvalue weighted by Crippen LogP contribution is 2.29. The molecule has 260 valence electrons. The van der Waals surface area contributed by atoms with Crippen LogP contribution in [0.5, 0.6) is 5.75 Å². The SMILES string of the molecule is CC(C)CCC(C)N(C(=O)C(CO)NC(=O)OC(C)(C)C)C(C(=O)NC(Cc1ccccc1)C(=O)OC(C)(C)C)c1ccc(O)cc1. The topological polar surface area (TPSA) is 154 Å². The van der Waals surface area contributed by atoms with Crippen molar-refractivity contribution in [3.8, 4) is 5.75 Å². The number of nitrogens with zero attached hydrogens (tertiary/aromatic N) is 1. The molecule has 0 heterocycles. The van der Waals surface area contributed by atoms with E-state index in [1.807, 2.05) is 44.2 Å². The number of phenols is 1. The van der Waals surface area contributed by atoms with Crippen LogP contribution in [0.15, 0.2) is 54.6 Å². The summed E-state index contributed by atoms with van der Waals surface area (Å²) in [6.07, 6.45) is 0.431. The molecule has 4 atom stereocenters. The van der Waals surface area contributed by atoms with Crippen LogP contribution in [-0.4, -0.2) is 74.9 Å². The lowest BCUT2D eigenvalue weighted by Crippen LogP contribution is -2.58. The fraction of sp³-hybridized carbons (Fsp3) is 0.556. The molecule has 0 aliphatic rings. The van der Waals surface area contributed by atoms with Crippen LogP contribution in [0.3, 0.4) is 0 Å². The Bertz CT molecular complexity index is 1320. The number of ether oxygens (including phenoxy) is 2. The first-order valence-corrected chi connectivity index (χ1v) is 16.1. The highest BCUT2D eigenvalue weighted by molar-refractivity contribution is 5.94. The Hall–Kier alpha value is -4.12. The third-order valence-corrected chi connectivity index (χ3v) is 7.09. The van der Waals surface area contributed by atoms with E-state index >= 15 is 0 Å². The fourth-order valence-electron chi connectivity index (χ4n) is 4.89. The van der Waals surface area contributed by atoms with Crippen LogP contribution in [-0.2, 0) is 30.3 Å². The quantitative estimate of drug-likeness (QED) is 0.207. The van der Waals surface area contributed by atoms with Crippen molar-refractivity contribution < 1.29 is 38.9 Å². The van der Waals surface area contributed by atoms with E-state index in [9.17, 15) is 29.4 Å². The van der Waals surface area contributed by atoms with Crippen LogP contribution >= 0.6 is 0 Å². The van der Waals surface area contributed by atoms with Gasteiger partial charge in [0.25, 0.3) is 0 Å². The Labute approximate surface area is 279 Å². The summed E-state index contributed by atoms with van der Waals surface area (Å²) in [7, 11) is 0. The van der Waals surface area contributed by atoms with E-state index in [0.29, 0.717) is 18.4 Å². The molecule has 3 amide bonds. The molecule has 4 unspecified atom stereocenters. The van der Waals surface area contributed by atoms with Gasteiger partial charge in [0.05, 0.1) is 6.61 Å². The van der Waals surface area contributed by atoms with Gasteiger partial charge >= 0.3 is 12.1 Å². The van der Waals surface area contributed by atoms with E-state index < -0.39 is 65.9 Å². The second-order valence-electron chi connectivity index (χ2n) is 14.2. The predicted octanol–water partition coefficient (Wildman–Crippen LogP) is 5.04. The molecule has 0 saturated carbocycles. The Morgan fingerprint density at radius 2 is 1.36 bits per heavy atom. The molecule has 2 rings (SSSR count). The van der Waals surface area contributed by atoms with Crippen molar-refractivity contribution in [3.63, 3.8) is 0 Å². The molecule has 11 nitrogen and oxygen atoms in total. The summed E-state index contributed by atoms with van der Waals surface area (Å²) < 4.78 is 11.0. The maximum atomic E-state index is 14.5. The third kappa shape index (κ3) is 13.3. The highest BCUT2D eigenvalue weighted by Gasteiger charge is 2.40. The van der Waals surface area contributed by atoms with Crippen molar-refractivity contribution in [1.29, 1.82) is 0 Å². The number of nitrogens with one attached hydrogen (secondary N) is 2. The van der Waals surface area contributed by atoms with E-state index in [1.165, 1.54) is 29.2 Å². The maximum absolute atomic E-state index is 14.5. The van der Waals surface area contributed by atoms with Gasteiger partial charge in [0, 0.05) is 12.5 Å². The van der Waals surface area contributed by atoms with Crippen LogP contribution in [0, 0.1) is 5.92 Å². The summed E-state index contributed by atoms with van der Waals surface area (Å²) in [6.45, 7) is 15.3. The molecule has 47 heavy (non-hydrogen) atoms.